The molecule has 3 rings (SSSR count). The summed E-state index contributed by atoms with van der Waals surface area (Å²) in [4.78, 5) is 12.2. The minimum atomic E-state index is -0.105. The van der Waals surface area contributed by atoms with E-state index in [4.69, 9.17) is 13.9 Å². The van der Waals surface area contributed by atoms with Crippen molar-refractivity contribution in [1.29, 1.82) is 0 Å². The second kappa shape index (κ2) is 8.86. The molecule has 5 nitrogen and oxygen atoms in total. The number of benzene rings is 2. The van der Waals surface area contributed by atoms with Crippen molar-refractivity contribution < 1.29 is 18.7 Å². The molecule has 0 fully saturated rings. The zero-order valence-electron chi connectivity index (χ0n) is 17.6. The molecule has 0 aliphatic rings. The summed E-state index contributed by atoms with van der Waals surface area (Å²) < 4.78 is 16.8. The fourth-order valence-corrected chi connectivity index (χ4v) is 3.44. The number of hydrogen-bond acceptors (Lipinski definition) is 4. The van der Waals surface area contributed by atoms with Crippen LogP contribution in [0.1, 0.15) is 31.4 Å². The molecule has 0 saturated heterocycles. The number of amides is 1. The summed E-state index contributed by atoms with van der Waals surface area (Å²) in [6.45, 7) is 6.57. The quantitative estimate of drug-likeness (QED) is 0.549. The molecular weight excluding hydrogens is 366 g/mol. The number of rotatable bonds is 7. The number of nitrogens with one attached hydrogen (secondary N) is 1. The van der Waals surface area contributed by atoms with E-state index in [9.17, 15) is 4.79 Å². The third kappa shape index (κ3) is 4.14. The van der Waals surface area contributed by atoms with Crippen LogP contribution in [0.4, 0.5) is 0 Å². The van der Waals surface area contributed by atoms with Gasteiger partial charge in [0.1, 0.15) is 17.1 Å². The summed E-state index contributed by atoms with van der Waals surface area (Å²) in [6, 6.07) is 9.89. The molecule has 0 aliphatic carbocycles. The van der Waals surface area contributed by atoms with Crippen LogP contribution in [0.3, 0.4) is 0 Å². The van der Waals surface area contributed by atoms with E-state index >= 15 is 0 Å². The Bertz CT molecular complexity index is 1040. The average Bonchev–Trinajstić information content (AvgIpc) is 3.16. The van der Waals surface area contributed by atoms with Crippen LogP contribution in [0.5, 0.6) is 11.5 Å². The number of aryl methyl sites for hydroxylation is 1. The van der Waals surface area contributed by atoms with Crippen molar-refractivity contribution in [3.05, 3.63) is 53.8 Å². The van der Waals surface area contributed by atoms with E-state index < -0.39 is 0 Å². The number of fused-ring (bicyclic) bond motifs is 1. The molecule has 0 bridgehead atoms. The van der Waals surface area contributed by atoms with Crippen molar-refractivity contribution in [1.82, 2.24) is 5.32 Å². The number of hydrogen-bond donors (Lipinski definition) is 1. The first-order valence-electron chi connectivity index (χ1n) is 9.69. The number of methoxy groups -OCH3 is 2. The molecule has 1 amide bonds. The van der Waals surface area contributed by atoms with E-state index in [0.717, 1.165) is 51.0 Å². The SMILES string of the molecule is CCCNC(=O)/C=C(\C)c1cc2c(-c3ccc(OC)cc3)coc2c(C)c1OC. The van der Waals surface area contributed by atoms with Crippen LogP contribution in [0.2, 0.25) is 0 Å². The number of carbonyl (C=O) groups is 1. The second-order valence-corrected chi connectivity index (χ2v) is 6.96. The standard InChI is InChI=1S/C24H27NO4/c1-6-11-25-22(26)12-15(2)19-13-20-21(17-7-9-18(27-4)10-8-17)14-29-24(20)16(3)23(19)28-5/h7-10,12-14H,6,11H2,1-5H3,(H,25,26)/b15-12+. The van der Waals surface area contributed by atoms with Gasteiger partial charge in [-0.3, -0.25) is 4.79 Å². The maximum Gasteiger partial charge on any atom is 0.244 e. The van der Waals surface area contributed by atoms with E-state index in [0.29, 0.717) is 12.3 Å². The monoisotopic (exact) mass is 393 g/mol. The Hall–Kier alpha value is -3.21. The first-order chi connectivity index (χ1) is 14.0. The average molecular weight is 393 g/mol. The molecule has 0 spiro atoms. The predicted octanol–water partition coefficient (Wildman–Crippen LogP) is 5.35. The summed E-state index contributed by atoms with van der Waals surface area (Å²) in [5.74, 6) is 1.41. The van der Waals surface area contributed by atoms with Gasteiger partial charge in [-0.2, -0.15) is 0 Å². The molecule has 0 aliphatic heterocycles. The topological polar surface area (TPSA) is 60.7 Å². The number of allylic oxidation sites excluding steroid dienone is 1. The highest BCUT2D eigenvalue weighted by molar-refractivity contribution is 6.01. The van der Waals surface area contributed by atoms with Gasteiger partial charge in [0.2, 0.25) is 5.91 Å². The van der Waals surface area contributed by atoms with Crippen LogP contribution in [0, 0.1) is 6.92 Å². The minimum Gasteiger partial charge on any atom is -0.497 e. The van der Waals surface area contributed by atoms with Gasteiger partial charge in [0, 0.05) is 34.7 Å². The van der Waals surface area contributed by atoms with Gasteiger partial charge in [-0.15, -0.1) is 0 Å². The van der Waals surface area contributed by atoms with Crippen molar-refractivity contribution in [2.45, 2.75) is 27.2 Å². The second-order valence-electron chi connectivity index (χ2n) is 6.96. The smallest absolute Gasteiger partial charge is 0.244 e. The molecule has 0 atom stereocenters. The van der Waals surface area contributed by atoms with Gasteiger partial charge in [-0.1, -0.05) is 19.1 Å². The lowest BCUT2D eigenvalue weighted by molar-refractivity contribution is -0.116. The molecule has 1 N–H and O–H groups in total. The Morgan fingerprint density at radius 3 is 2.52 bits per heavy atom. The molecule has 1 aromatic heterocycles. The normalized spacial score (nSPS) is 11.6. The van der Waals surface area contributed by atoms with Crippen molar-refractivity contribution in [3.8, 4) is 22.6 Å². The summed E-state index contributed by atoms with van der Waals surface area (Å²) in [7, 11) is 3.28. The lowest BCUT2D eigenvalue weighted by Crippen LogP contribution is -2.21. The Labute approximate surface area is 171 Å². The van der Waals surface area contributed by atoms with Crippen LogP contribution >= 0.6 is 0 Å². The van der Waals surface area contributed by atoms with Gasteiger partial charge in [-0.05, 0) is 49.6 Å². The molecular formula is C24H27NO4. The molecule has 0 unspecified atom stereocenters. The van der Waals surface area contributed by atoms with Gasteiger partial charge in [-0.25, -0.2) is 0 Å². The van der Waals surface area contributed by atoms with Crippen molar-refractivity contribution in [2.75, 3.05) is 20.8 Å². The van der Waals surface area contributed by atoms with Crippen molar-refractivity contribution in [2.24, 2.45) is 0 Å². The fraction of sp³-hybridized carbons (Fsp3) is 0.292. The van der Waals surface area contributed by atoms with E-state index in [2.05, 4.69) is 5.32 Å². The van der Waals surface area contributed by atoms with Gasteiger partial charge in [0.05, 0.1) is 20.5 Å². The summed E-state index contributed by atoms with van der Waals surface area (Å²) in [6.07, 6.45) is 4.27. The molecule has 152 valence electrons. The van der Waals surface area contributed by atoms with Crippen LogP contribution in [0.25, 0.3) is 27.7 Å². The van der Waals surface area contributed by atoms with Crippen molar-refractivity contribution in [3.63, 3.8) is 0 Å². The third-order valence-electron chi connectivity index (χ3n) is 4.97. The zero-order chi connectivity index (χ0) is 21.0. The van der Waals surface area contributed by atoms with E-state index in [1.165, 1.54) is 0 Å². The molecule has 1 heterocycles. The lowest BCUT2D eigenvalue weighted by Gasteiger charge is -2.13. The fourth-order valence-electron chi connectivity index (χ4n) is 3.44. The Morgan fingerprint density at radius 1 is 1.17 bits per heavy atom. The van der Waals surface area contributed by atoms with Crippen LogP contribution in [0.15, 0.2) is 47.1 Å². The largest absolute Gasteiger partial charge is 0.497 e. The Kier molecular flexibility index (Phi) is 6.27. The maximum absolute atomic E-state index is 12.2. The molecule has 5 heteroatoms. The molecule has 29 heavy (non-hydrogen) atoms. The van der Waals surface area contributed by atoms with Gasteiger partial charge in [0.15, 0.2) is 0 Å². The molecule has 3 aromatic rings. The molecule has 2 aromatic carbocycles. The minimum absolute atomic E-state index is 0.105. The first kappa shape index (κ1) is 20.5. The van der Waals surface area contributed by atoms with Gasteiger partial charge in [0.25, 0.3) is 0 Å². The zero-order valence-corrected chi connectivity index (χ0v) is 17.6. The highest BCUT2D eigenvalue weighted by atomic mass is 16.5. The summed E-state index contributed by atoms with van der Waals surface area (Å²) in [5.41, 5.74) is 5.41. The predicted molar refractivity (Wildman–Crippen MR) is 116 cm³/mol. The molecule has 0 saturated carbocycles. The maximum atomic E-state index is 12.2. The highest BCUT2D eigenvalue weighted by Crippen LogP contribution is 2.40. The highest BCUT2D eigenvalue weighted by Gasteiger charge is 2.18. The van der Waals surface area contributed by atoms with Gasteiger partial charge < -0.3 is 19.2 Å². The number of furan rings is 1. The van der Waals surface area contributed by atoms with E-state index in [1.807, 2.05) is 51.1 Å². The van der Waals surface area contributed by atoms with Crippen LogP contribution in [-0.2, 0) is 4.79 Å². The van der Waals surface area contributed by atoms with Crippen LogP contribution < -0.4 is 14.8 Å². The van der Waals surface area contributed by atoms with E-state index in [-0.39, 0.29) is 5.91 Å². The van der Waals surface area contributed by atoms with Crippen molar-refractivity contribution >= 4 is 22.4 Å². The Morgan fingerprint density at radius 2 is 1.90 bits per heavy atom. The van der Waals surface area contributed by atoms with E-state index in [1.54, 1.807) is 26.6 Å². The summed E-state index contributed by atoms with van der Waals surface area (Å²) >= 11 is 0. The summed E-state index contributed by atoms with van der Waals surface area (Å²) in [5, 5.41) is 3.86. The number of ether oxygens (including phenoxy) is 2. The van der Waals surface area contributed by atoms with Gasteiger partial charge >= 0.3 is 0 Å². The molecule has 0 radical (unpaired) electrons. The lowest BCUT2D eigenvalue weighted by atomic mass is 9.96. The number of carbonyl (C=O) groups excluding carboxylic acids is 1. The third-order valence-corrected chi connectivity index (χ3v) is 4.97. The Balaban J connectivity index is 2.12. The first-order valence-corrected chi connectivity index (χ1v) is 9.69. The van der Waals surface area contributed by atoms with Crippen LogP contribution in [-0.4, -0.2) is 26.7 Å².